The van der Waals surface area contributed by atoms with Crippen LogP contribution in [0.4, 0.5) is 0 Å². The van der Waals surface area contributed by atoms with Gasteiger partial charge in [0.15, 0.2) is 5.82 Å². The molecule has 4 heterocycles. The van der Waals surface area contributed by atoms with Crippen molar-refractivity contribution in [3.8, 4) is 17.1 Å². The van der Waals surface area contributed by atoms with Gasteiger partial charge in [-0.2, -0.15) is 5.10 Å². The first-order valence-electron chi connectivity index (χ1n) is 9.29. The van der Waals surface area contributed by atoms with Gasteiger partial charge in [0.05, 0.1) is 22.5 Å². The van der Waals surface area contributed by atoms with E-state index in [0.29, 0.717) is 5.82 Å². The van der Waals surface area contributed by atoms with Crippen LogP contribution in [-0.2, 0) is 0 Å². The van der Waals surface area contributed by atoms with Gasteiger partial charge in [-0.15, -0.1) is 11.3 Å². The molecule has 0 saturated heterocycles. The summed E-state index contributed by atoms with van der Waals surface area (Å²) in [5.41, 5.74) is 3.78. The normalized spacial score (nSPS) is 12.0. The molecule has 0 aliphatic heterocycles. The maximum Gasteiger partial charge on any atom is 0.272 e. The minimum atomic E-state index is -0.364. The monoisotopic (exact) mass is 438 g/mol. The van der Waals surface area contributed by atoms with Crippen LogP contribution in [0.25, 0.3) is 17.1 Å². The number of amides is 1. The molecule has 4 rings (SSSR count). The number of hydrogen-bond acceptors (Lipinski definition) is 6. The highest BCUT2D eigenvalue weighted by molar-refractivity contribution is 7.10. The minimum Gasteiger partial charge on any atom is -0.342 e. The van der Waals surface area contributed by atoms with Crippen molar-refractivity contribution in [2.75, 3.05) is 0 Å². The van der Waals surface area contributed by atoms with Crippen LogP contribution in [0, 0.1) is 13.8 Å². The zero-order chi connectivity index (χ0) is 21.3. The summed E-state index contributed by atoms with van der Waals surface area (Å²) in [6.45, 7) is 5.72. The lowest BCUT2D eigenvalue weighted by Crippen LogP contribution is -2.28. The van der Waals surface area contributed by atoms with Crippen LogP contribution in [0.1, 0.15) is 39.8 Å². The Bertz CT molecular complexity index is 1200. The predicted octanol–water partition coefficient (Wildman–Crippen LogP) is 4.55. The smallest absolute Gasteiger partial charge is 0.272 e. The van der Waals surface area contributed by atoms with Crippen molar-refractivity contribution in [1.29, 1.82) is 0 Å². The molecule has 1 amide bonds. The standard InChI is InChI=1S/C21H19ClN6OS/c1-12-10-13(2)28(27-12)18-5-4-16(22)19(26-18)20(29)24-14(3)21-25-17(11-30-21)15-6-8-23-9-7-15/h4-11,14H,1-3H3,(H,24,29). The SMILES string of the molecule is Cc1cc(C)n(-c2ccc(Cl)c(C(=O)NC(C)c3nc(-c4ccncc4)cs3)n2)n1. The fraction of sp³-hybridized carbons (Fsp3) is 0.190. The maximum atomic E-state index is 12.9. The zero-order valence-electron chi connectivity index (χ0n) is 16.6. The number of nitrogens with zero attached hydrogens (tertiary/aromatic N) is 5. The Kier molecular flexibility index (Phi) is 5.61. The molecule has 9 heteroatoms. The lowest BCUT2D eigenvalue weighted by Gasteiger charge is -2.13. The van der Waals surface area contributed by atoms with E-state index in [-0.39, 0.29) is 22.7 Å². The first-order chi connectivity index (χ1) is 14.4. The number of aromatic nitrogens is 5. The second-order valence-corrected chi connectivity index (χ2v) is 8.14. The number of thiazole rings is 1. The summed E-state index contributed by atoms with van der Waals surface area (Å²) in [5, 5.41) is 10.4. The van der Waals surface area contributed by atoms with E-state index in [0.717, 1.165) is 27.7 Å². The van der Waals surface area contributed by atoms with Crippen molar-refractivity contribution in [3.63, 3.8) is 0 Å². The topological polar surface area (TPSA) is 85.6 Å². The molecule has 7 nitrogen and oxygen atoms in total. The van der Waals surface area contributed by atoms with E-state index in [1.54, 1.807) is 29.2 Å². The fourth-order valence-corrected chi connectivity index (χ4v) is 4.06. The summed E-state index contributed by atoms with van der Waals surface area (Å²) in [6.07, 6.45) is 3.45. The fourth-order valence-electron chi connectivity index (χ4n) is 3.04. The molecule has 4 aromatic rings. The first kappa shape index (κ1) is 20.2. The molecule has 0 aromatic carbocycles. The van der Waals surface area contributed by atoms with Gasteiger partial charge >= 0.3 is 0 Å². The minimum absolute atomic E-state index is 0.152. The van der Waals surface area contributed by atoms with Crippen LogP contribution in [-0.4, -0.2) is 30.6 Å². The van der Waals surface area contributed by atoms with E-state index >= 15 is 0 Å². The second kappa shape index (κ2) is 8.33. The van der Waals surface area contributed by atoms with E-state index < -0.39 is 0 Å². The average Bonchev–Trinajstić information content (AvgIpc) is 3.35. The van der Waals surface area contributed by atoms with Gasteiger partial charge in [-0.3, -0.25) is 9.78 Å². The lowest BCUT2D eigenvalue weighted by molar-refractivity contribution is 0.0935. The third-order valence-electron chi connectivity index (χ3n) is 4.49. The second-order valence-electron chi connectivity index (χ2n) is 6.84. The Balaban J connectivity index is 1.54. The Morgan fingerprint density at radius 2 is 1.93 bits per heavy atom. The molecule has 1 atom stereocenters. The molecule has 0 aliphatic carbocycles. The van der Waals surface area contributed by atoms with Crippen molar-refractivity contribution in [3.05, 3.63) is 75.2 Å². The number of carbonyl (C=O) groups excluding carboxylic acids is 1. The number of aryl methyl sites for hydroxylation is 2. The van der Waals surface area contributed by atoms with Crippen molar-refractivity contribution in [2.45, 2.75) is 26.8 Å². The highest BCUT2D eigenvalue weighted by atomic mass is 35.5. The van der Waals surface area contributed by atoms with Crippen molar-refractivity contribution >= 4 is 28.8 Å². The third-order valence-corrected chi connectivity index (χ3v) is 5.82. The van der Waals surface area contributed by atoms with E-state index in [9.17, 15) is 4.79 Å². The van der Waals surface area contributed by atoms with Gasteiger partial charge in [-0.25, -0.2) is 14.6 Å². The van der Waals surface area contributed by atoms with Gasteiger partial charge in [0.1, 0.15) is 10.7 Å². The van der Waals surface area contributed by atoms with Crippen LogP contribution in [0.2, 0.25) is 5.02 Å². The van der Waals surface area contributed by atoms with E-state index in [1.165, 1.54) is 11.3 Å². The Morgan fingerprint density at radius 1 is 1.17 bits per heavy atom. The third kappa shape index (κ3) is 4.10. The maximum absolute atomic E-state index is 12.9. The highest BCUT2D eigenvalue weighted by Gasteiger charge is 2.19. The van der Waals surface area contributed by atoms with Crippen molar-refractivity contribution in [1.82, 2.24) is 30.0 Å². The van der Waals surface area contributed by atoms with Crippen molar-refractivity contribution < 1.29 is 4.79 Å². The van der Waals surface area contributed by atoms with Crippen LogP contribution >= 0.6 is 22.9 Å². The molecule has 0 bridgehead atoms. The van der Waals surface area contributed by atoms with Crippen LogP contribution in [0.3, 0.4) is 0 Å². The summed E-state index contributed by atoms with van der Waals surface area (Å²) in [5.74, 6) is 0.175. The largest absolute Gasteiger partial charge is 0.342 e. The lowest BCUT2D eigenvalue weighted by atomic mass is 10.2. The number of hydrogen-bond donors (Lipinski definition) is 1. The van der Waals surface area contributed by atoms with Crippen molar-refractivity contribution in [2.24, 2.45) is 0 Å². The van der Waals surface area contributed by atoms with Crippen LogP contribution in [0.15, 0.2) is 48.1 Å². The van der Waals surface area contributed by atoms with Gasteiger partial charge in [0.2, 0.25) is 0 Å². The average molecular weight is 439 g/mol. The van der Waals surface area contributed by atoms with Crippen LogP contribution < -0.4 is 5.32 Å². The van der Waals surface area contributed by atoms with E-state index in [2.05, 4.69) is 25.4 Å². The molecule has 0 aliphatic rings. The number of nitrogens with one attached hydrogen (secondary N) is 1. The molecule has 0 spiro atoms. The summed E-state index contributed by atoms with van der Waals surface area (Å²) < 4.78 is 1.69. The highest BCUT2D eigenvalue weighted by Crippen LogP contribution is 2.26. The van der Waals surface area contributed by atoms with E-state index in [1.807, 2.05) is 44.4 Å². The number of carbonyl (C=O) groups is 1. The summed E-state index contributed by atoms with van der Waals surface area (Å²) >= 11 is 7.75. The molecule has 1 N–H and O–H groups in total. The number of halogens is 1. The van der Waals surface area contributed by atoms with Gasteiger partial charge in [-0.05, 0) is 51.1 Å². The van der Waals surface area contributed by atoms with E-state index in [4.69, 9.17) is 11.6 Å². The summed E-state index contributed by atoms with van der Waals surface area (Å²) in [7, 11) is 0. The first-order valence-corrected chi connectivity index (χ1v) is 10.5. The molecule has 1 unspecified atom stereocenters. The summed E-state index contributed by atoms with van der Waals surface area (Å²) in [6, 6.07) is 8.84. The summed E-state index contributed by atoms with van der Waals surface area (Å²) in [4.78, 5) is 26.0. The Hall–Kier alpha value is -3.10. The van der Waals surface area contributed by atoms with Gasteiger partial charge in [0, 0.05) is 29.0 Å². The molecule has 0 radical (unpaired) electrons. The Labute approximate surface area is 182 Å². The molecule has 4 aromatic heterocycles. The number of rotatable bonds is 5. The Morgan fingerprint density at radius 3 is 2.63 bits per heavy atom. The quantitative estimate of drug-likeness (QED) is 0.494. The zero-order valence-corrected chi connectivity index (χ0v) is 18.2. The predicted molar refractivity (Wildman–Crippen MR) is 117 cm³/mol. The van der Waals surface area contributed by atoms with Gasteiger partial charge in [0.25, 0.3) is 5.91 Å². The molecular formula is C21H19ClN6OS. The molecule has 0 fully saturated rings. The molecule has 152 valence electrons. The van der Waals surface area contributed by atoms with Gasteiger partial charge < -0.3 is 5.32 Å². The van der Waals surface area contributed by atoms with Gasteiger partial charge in [-0.1, -0.05) is 11.6 Å². The number of pyridine rings is 2. The molecule has 0 saturated carbocycles. The molecular weight excluding hydrogens is 420 g/mol. The van der Waals surface area contributed by atoms with Crippen LogP contribution in [0.5, 0.6) is 0 Å². The molecule has 30 heavy (non-hydrogen) atoms.